The summed E-state index contributed by atoms with van der Waals surface area (Å²) >= 11 is 11.8. The molecule has 38 heavy (non-hydrogen) atoms. The Kier molecular flexibility index (Phi) is 7.16. The van der Waals surface area contributed by atoms with E-state index in [1.807, 2.05) is 30.3 Å². The van der Waals surface area contributed by atoms with Gasteiger partial charge in [-0.2, -0.15) is 0 Å². The average Bonchev–Trinajstić information content (AvgIpc) is 2.94. The lowest BCUT2D eigenvalue weighted by Crippen LogP contribution is -2.03. The first-order valence-corrected chi connectivity index (χ1v) is 15.2. The van der Waals surface area contributed by atoms with Gasteiger partial charge in [0.2, 0.25) is 19.7 Å². The number of hydrogen-bond donors (Lipinski definition) is 0. The van der Waals surface area contributed by atoms with Crippen LogP contribution in [-0.2, 0) is 19.7 Å². The standard InChI is InChI=1S/C30H20Cl2O4S2/c31-23-8-14-26(15-9-23)37(33,34)25-12-6-22(7-13-25)29-19-18-28(20-30(29)21-4-2-1-3-5-21)38(35,36)27-16-10-24(32)11-17-27/h1-20H. The molecule has 0 aliphatic carbocycles. The largest absolute Gasteiger partial charge is 0.219 e. The lowest BCUT2D eigenvalue weighted by Gasteiger charge is -2.14. The van der Waals surface area contributed by atoms with E-state index in [0.29, 0.717) is 15.6 Å². The van der Waals surface area contributed by atoms with E-state index in [0.717, 1.165) is 16.7 Å². The van der Waals surface area contributed by atoms with E-state index in [1.165, 1.54) is 36.4 Å². The molecule has 0 aliphatic heterocycles. The quantitative estimate of drug-likeness (QED) is 0.205. The van der Waals surface area contributed by atoms with Crippen LogP contribution in [0.5, 0.6) is 0 Å². The van der Waals surface area contributed by atoms with Crippen molar-refractivity contribution in [2.24, 2.45) is 0 Å². The molecule has 0 bridgehead atoms. The maximum absolute atomic E-state index is 13.4. The minimum absolute atomic E-state index is 0.143. The molecule has 5 aromatic carbocycles. The van der Waals surface area contributed by atoms with Gasteiger partial charge in [-0.1, -0.05) is 71.7 Å². The van der Waals surface area contributed by atoms with Crippen molar-refractivity contribution in [1.82, 2.24) is 0 Å². The van der Waals surface area contributed by atoms with Crippen LogP contribution in [0.1, 0.15) is 0 Å². The lowest BCUT2D eigenvalue weighted by atomic mass is 9.95. The molecular formula is C30H20Cl2O4S2. The van der Waals surface area contributed by atoms with Gasteiger partial charge >= 0.3 is 0 Å². The molecule has 0 atom stereocenters. The molecule has 0 amide bonds. The molecule has 0 aromatic heterocycles. The van der Waals surface area contributed by atoms with Gasteiger partial charge in [0, 0.05) is 10.0 Å². The average molecular weight is 580 g/mol. The summed E-state index contributed by atoms with van der Waals surface area (Å²) in [5.74, 6) is 0. The first-order chi connectivity index (χ1) is 18.2. The van der Waals surface area contributed by atoms with E-state index in [-0.39, 0.29) is 19.6 Å². The van der Waals surface area contributed by atoms with E-state index < -0.39 is 19.7 Å². The second kappa shape index (κ2) is 10.4. The molecule has 0 heterocycles. The van der Waals surface area contributed by atoms with Crippen LogP contribution < -0.4 is 0 Å². The fraction of sp³-hybridized carbons (Fsp3) is 0. The van der Waals surface area contributed by atoms with E-state index in [1.54, 1.807) is 54.6 Å². The summed E-state index contributed by atoms with van der Waals surface area (Å²) < 4.78 is 52.9. The first kappa shape index (κ1) is 26.2. The predicted molar refractivity (Wildman–Crippen MR) is 151 cm³/mol. The van der Waals surface area contributed by atoms with Crippen LogP contribution in [0.3, 0.4) is 0 Å². The molecule has 190 valence electrons. The Balaban J connectivity index is 1.59. The first-order valence-electron chi connectivity index (χ1n) is 11.5. The Bertz CT molecular complexity index is 1820. The van der Waals surface area contributed by atoms with E-state index in [2.05, 4.69) is 0 Å². The SMILES string of the molecule is O=S(=O)(c1ccc(Cl)cc1)c1ccc(-c2ccc(S(=O)(=O)c3ccc(Cl)cc3)cc2-c2ccccc2)cc1. The van der Waals surface area contributed by atoms with Crippen molar-refractivity contribution in [2.45, 2.75) is 19.6 Å². The maximum atomic E-state index is 13.4. The molecule has 8 heteroatoms. The van der Waals surface area contributed by atoms with Gasteiger partial charge in [0.15, 0.2) is 0 Å². The summed E-state index contributed by atoms with van der Waals surface area (Å²) in [5.41, 5.74) is 3.04. The Hall–Kier alpha value is -3.42. The molecule has 0 radical (unpaired) electrons. The summed E-state index contributed by atoms with van der Waals surface area (Å²) in [6, 6.07) is 33.0. The molecule has 5 aromatic rings. The summed E-state index contributed by atoms with van der Waals surface area (Å²) in [6.07, 6.45) is 0. The van der Waals surface area contributed by atoms with Crippen molar-refractivity contribution in [1.29, 1.82) is 0 Å². The lowest BCUT2D eigenvalue weighted by molar-refractivity contribution is 0.594. The fourth-order valence-corrected chi connectivity index (χ4v) is 6.91. The molecule has 0 unspecified atom stereocenters. The number of hydrogen-bond acceptors (Lipinski definition) is 4. The molecule has 0 aliphatic rings. The highest BCUT2D eigenvalue weighted by molar-refractivity contribution is 7.91. The van der Waals surface area contributed by atoms with Crippen LogP contribution >= 0.6 is 23.2 Å². The number of sulfone groups is 2. The van der Waals surface area contributed by atoms with Gasteiger partial charge in [-0.15, -0.1) is 0 Å². The fourth-order valence-electron chi connectivity index (χ4n) is 4.11. The third kappa shape index (κ3) is 5.13. The smallest absolute Gasteiger partial charge is 0.206 e. The zero-order valence-corrected chi connectivity index (χ0v) is 22.9. The Morgan fingerprint density at radius 2 is 0.789 bits per heavy atom. The predicted octanol–water partition coefficient (Wildman–Crippen LogP) is 7.99. The Labute approximate surface area is 232 Å². The summed E-state index contributed by atoms with van der Waals surface area (Å²) in [7, 11) is -7.52. The minimum Gasteiger partial charge on any atom is -0.219 e. The van der Waals surface area contributed by atoms with Gasteiger partial charge in [0.05, 0.1) is 19.6 Å². The number of halogens is 2. The molecule has 0 saturated carbocycles. The van der Waals surface area contributed by atoms with Crippen molar-refractivity contribution in [3.05, 3.63) is 131 Å². The highest BCUT2D eigenvalue weighted by Gasteiger charge is 2.21. The third-order valence-corrected chi connectivity index (χ3v) is 10.2. The van der Waals surface area contributed by atoms with Crippen molar-refractivity contribution in [2.75, 3.05) is 0 Å². The van der Waals surface area contributed by atoms with Gasteiger partial charge in [0.25, 0.3) is 0 Å². The van der Waals surface area contributed by atoms with Gasteiger partial charge in [0.1, 0.15) is 0 Å². The Morgan fingerprint density at radius 1 is 0.395 bits per heavy atom. The van der Waals surface area contributed by atoms with Crippen LogP contribution in [0.4, 0.5) is 0 Å². The highest BCUT2D eigenvalue weighted by atomic mass is 35.5. The minimum atomic E-state index is -3.79. The summed E-state index contributed by atoms with van der Waals surface area (Å²) in [4.78, 5) is 0.581. The van der Waals surface area contributed by atoms with E-state index in [4.69, 9.17) is 23.2 Å². The molecule has 4 nitrogen and oxygen atoms in total. The van der Waals surface area contributed by atoms with Crippen molar-refractivity contribution in [3.8, 4) is 22.3 Å². The van der Waals surface area contributed by atoms with Gasteiger partial charge in [-0.05, 0) is 95.1 Å². The topological polar surface area (TPSA) is 68.3 Å². The van der Waals surface area contributed by atoms with Gasteiger partial charge in [-0.3, -0.25) is 0 Å². The molecule has 0 spiro atoms. The number of rotatable bonds is 6. The van der Waals surface area contributed by atoms with Crippen LogP contribution in [0.25, 0.3) is 22.3 Å². The molecule has 0 saturated heterocycles. The van der Waals surface area contributed by atoms with E-state index in [9.17, 15) is 16.8 Å². The second-order valence-electron chi connectivity index (χ2n) is 8.51. The third-order valence-electron chi connectivity index (χ3n) is 6.11. The molecular weight excluding hydrogens is 559 g/mol. The molecule has 0 N–H and O–H groups in total. The van der Waals surface area contributed by atoms with Gasteiger partial charge < -0.3 is 0 Å². The molecule has 5 rings (SSSR count). The van der Waals surface area contributed by atoms with Crippen molar-refractivity contribution >= 4 is 42.9 Å². The van der Waals surface area contributed by atoms with Crippen molar-refractivity contribution < 1.29 is 16.8 Å². The van der Waals surface area contributed by atoms with Crippen molar-refractivity contribution in [3.63, 3.8) is 0 Å². The zero-order valence-electron chi connectivity index (χ0n) is 19.8. The van der Waals surface area contributed by atoms with Gasteiger partial charge in [-0.25, -0.2) is 16.8 Å². The normalized spacial score (nSPS) is 11.8. The maximum Gasteiger partial charge on any atom is 0.206 e. The van der Waals surface area contributed by atoms with Crippen LogP contribution in [0, 0.1) is 0 Å². The zero-order chi connectivity index (χ0) is 26.9. The number of benzene rings is 5. The molecule has 0 fully saturated rings. The summed E-state index contributed by atoms with van der Waals surface area (Å²) in [5, 5.41) is 0.903. The van der Waals surface area contributed by atoms with Crippen LogP contribution in [-0.4, -0.2) is 16.8 Å². The van der Waals surface area contributed by atoms with Crippen LogP contribution in [0.2, 0.25) is 10.0 Å². The van der Waals surface area contributed by atoms with E-state index >= 15 is 0 Å². The summed E-state index contributed by atoms with van der Waals surface area (Å²) in [6.45, 7) is 0. The van der Waals surface area contributed by atoms with Crippen LogP contribution in [0.15, 0.2) is 141 Å². The Morgan fingerprint density at radius 3 is 1.29 bits per heavy atom. The highest BCUT2D eigenvalue weighted by Crippen LogP contribution is 2.36. The monoisotopic (exact) mass is 578 g/mol. The second-order valence-corrected chi connectivity index (χ2v) is 13.3.